The lowest BCUT2D eigenvalue weighted by Crippen LogP contribution is -1.94. The van der Waals surface area contributed by atoms with Gasteiger partial charge in [-0.15, -0.1) is 0 Å². The Morgan fingerprint density at radius 1 is 0.900 bits per heavy atom. The zero-order valence-electron chi connectivity index (χ0n) is 10.5. The summed E-state index contributed by atoms with van der Waals surface area (Å²) in [6, 6.07) is 11.5. The first-order valence-electron chi connectivity index (χ1n) is 6.10. The van der Waals surface area contributed by atoms with Crippen molar-refractivity contribution in [2.45, 2.75) is 0 Å². The molecule has 0 aliphatic carbocycles. The van der Waals surface area contributed by atoms with Crippen LogP contribution in [-0.2, 0) is 0 Å². The van der Waals surface area contributed by atoms with Crippen LogP contribution < -0.4 is 9.47 Å². The van der Waals surface area contributed by atoms with E-state index in [2.05, 4.69) is 15.9 Å². The number of rotatable bonds is 3. The van der Waals surface area contributed by atoms with Gasteiger partial charge in [0.2, 0.25) is 6.79 Å². The zero-order valence-corrected chi connectivity index (χ0v) is 12.1. The molecule has 1 heterocycles. The van der Waals surface area contributed by atoms with Gasteiger partial charge in [-0.1, -0.05) is 52.3 Å². The van der Waals surface area contributed by atoms with Crippen molar-refractivity contribution in [3.05, 3.63) is 57.6 Å². The average molecular weight is 331 g/mol. The van der Waals surface area contributed by atoms with Gasteiger partial charge in [-0.05, 0) is 17.7 Å². The number of fused-ring (bicyclic) bond motifs is 1. The quantitative estimate of drug-likeness (QED) is 0.626. The van der Waals surface area contributed by atoms with Crippen molar-refractivity contribution in [2.24, 2.45) is 0 Å². The summed E-state index contributed by atoms with van der Waals surface area (Å²) >= 11 is 3.50. The Kier molecular flexibility index (Phi) is 3.56. The Bertz CT molecular complexity index is 692. The maximum atomic E-state index is 10.9. The summed E-state index contributed by atoms with van der Waals surface area (Å²) in [7, 11) is 0. The van der Waals surface area contributed by atoms with E-state index >= 15 is 0 Å². The Morgan fingerprint density at radius 3 is 2.30 bits per heavy atom. The van der Waals surface area contributed by atoms with Gasteiger partial charge in [-0.25, -0.2) is 0 Å². The summed E-state index contributed by atoms with van der Waals surface area (Å²) in [5, 5.41) is 0. The Hall–Kier alpha value is -2.07. The number of hydrogen-bond acceptors (Lipinski definition) is 3. The summed E-state index contributed by atoms with van der Waals surface area (Å²) in [6.45, 7) is 0.149. The summed E-state index contributed by atoms with van der Waals surface area (Å²) in [5.41, 5.74) is 2.47. The fourth-order valence-corrected chi connectivity index (χ4v) is 2.47. The molecule has 0 amide bonds. The van der Waals surface area contributed by atoms with E-state index in [1.807, 2.05) is 42.5 Å². The number of ether oxygens (including phenoxy) is 2. The molecule has 2 aromatic rings. The molecule has 3 rings (SSSR count). The maximum absolute atomic E-state index is 10.9. The number of benzene rings is 2. The fraction of sp³-hybridized carbons (Fsp3) is 0.0625. The minimum atomic E-state index is 0.149. The smallest absolute Gasteiger partial charge is 0.231 e. The van der Waals surface area contributed by atoms with E-state index in [1.54, 1.807) is 6.07 Å². The third kappa shape index (κ3) is 2.34. The predicted molar refractivity (Wildman–Crippen MR) is 81.0 cm³/mol. The van der Waals surface area contributed by atoms with Crippen molar-refractivity contribution in [2.75, 3.05) is 6.79 Å². The summed E-state index contributed by atoms with van der Waals surface area (Å²) in [4.78, 5) is 10.9. The molecule has 1 aliphatic heterocycles. The first-order chi connectivity index (χ1) is 9.79. The highest BCUT2D eigenvalue weighted by Gasteiger charge is 2.20. The Morgan fingerprint density at radius 2 is 1.55 bits per heavy atom. The molecule has 0 radical (unpaired) electrons. The van der Waals surface area contributed by atoms with Crippen molar-refractivity contribution in [1.29, 1.82) is 0 Å². The molecule has 1 aliphatic rings. The minimum absolute atomic E-state index is 0.149. The van der Waals surface area contributed by atoms with E-state index in [0.29, 0.717) is 17.1 Å². The molecule has 2 aromatic carbocycles. The molecule has 0 atom stereocenters. The Balaban J connectivity index is 1.98. The van der Waals surface area contributed by atoms with Crippen LogP contribution in [0, 0.1) is 0 Å². The number of aldehydes is 1. The van der Waals surface area contributed by atoms with E-state index in [1.165, 1.54) is 0 Å². The van der Waals surface area contributed by atoms with Gasteiger partial charge in [-0.3, -0.25) is 4.79 Å². The van der Waals surface area contributed by atoms with Gasteiger partial charge in [0.15, 0.2) is 17.8 Å². The standard InChI is InChI=1S/C16H11BrO3/c17-14-4-2-1-3-11(14)5-6-12-7-8-13(9-18)16-15(12)19-10-20-16/h1-9H,10H2/b6-5-. The molecule has 0 spiro atoms. The monoisotopic (exact) mass is 330 g/mol. The molecule has 0 N–H and O–H groups in total. The summed E-state index contributed by atoms with van der Waals surface area (Å²) in [5.74, 6) is 1.15. The minimum Gasteiger partial charge on any atom is -0.453 e. The van der Waals surface area contributed by atoms with Crippen LogP contribution in [0.2, 0.25) is 0 Å². The molecular weight excluding hydrogens is 320 g/mol. The van der Waals surface area contributed by atoms with Gasteiger partial charge in [0.25, 0.3) is 0 Å². The summed E-state index contributed by atoms with van der Waals surface area (Å²) < 4.78 is 11.8. The third-order valence-corrected chi connectivity index (χ3v) is 3.78. The van der Waals surface area contributed by atoms with E-state index < -0.39 is 0 Å². The number of halogens is 1. The van der Waals surface area contributed by atoms with Gasteiger partial charge < -0.3 is 9.47 Å². The van der Waals surface area contributed by atoms with Crippen molar-refractivity contribution in [3.63, 3.8) is 0 Å². The third-order valence-electron chi connectivity index (χ3n) is 3.05. The van der Waals surface area contributed by atoms with Crippen LogP contribution in [0.25, 0.3) is 12.2 Å². The zero-order chi connectivity index (χ0) is 13.9. The van der Waals surface area contributed by atoms with E-state index in [4.69, 9.17) is 9.47 Å². The largest absolute Gasteiger partial charge is 0.453 e. The van der Waals surface area contributed by atoms with Crippen molar-refractivity contribution in [3.8, 4) is 11.5 Å². The van der Waals surface area contributed by atoms with Gasteiger partial charge in [-0.2, -0.15) is 0 Å². The molecule has 0 unspecified atom stereocenters. The first-order valence-corrected chi connectivity index (χ1v) is 6.89. The van der Waals surface area contributed by atoms with Crippen molar-refractivity contribution < 1.29 is 14.3 Å². The van der Waals surface area contributed by atoms with E-state index in [-0.39, 0.29) is 6.79 Å². The van der Waals surface area contributed by atoms with Crippen LogP contribution in [0.4, 0.5) is 0 Å². The molecule has 0 saturated carbocycles. The second-order valence-electron chi connectivity index (χ2n) is 4.28. The highest BCUT2D eigenvalue weighted by atomic mass is 79.9. The topological polar surface area (TPSA) is 35.5 Å². The molecule has 4 heteroatoms. The molecule has 0 bridgehead atoms. The van der Waals surface area contributed by atoms with Crippen molar-refractivity contribution >= 4 is 34.4 Å². The predicted octanol–water partition coefficient (Wildman–Crippen LogP) is 4.16. The molecule has 100 valence electrons. The molecule has 20 heavy (non-hydrogen) atoms. The van der Waals surface area contributed by atoms with Gasteiger partial charge >= 0.3 is 0 Å². The van der Waals surface area contributed by atoms with Gasteiger partial charge in [0.1, 0.15) is 0 Å². The lowest BCUT2D eigenvalue weighted by atomic mass is 10.1. The molecule has 3 nitrogen and oxygen atoms in total. The number of hydrogen-bond donors (Lipinski definition) is 0. The maximum Gasteiger partial charge on any atom is 0.231 e. The van der Waals surface area contributed by atoms with Crippen molar-refractivity contribution in [1.82, 2.24) is 0 Å². The first kappa shape index (κ1) is 12.9. The van der Waals surface area contributed by atoms with Crippen LogP contribution in [0.1, 0.15) is 21.5 Å². The second kappa shape index (κ2) is 5.51. The summed E-state index contributed by atoms with van der Waals surface area (Å²) in [6.07, 6.45) is 4.71. The highest BCUT2D eigenvalue weighted by Crippen LogP contribution is 2.39. The van der Waals surface area contributed by atoms with Crippen LogP contribution in [-0.4, -0.2) is 13.1 Å². The van der Waals surface area contributed by atoms with Gasteiger partial charge in [0.05, 0.1) is 5.56 Å². The molecule has 0 saturated heterocycles. The second-order valence-corrected chi connectivity index (χ2v) is 5.14. The normalized spacial score (nSPS) is 12.8. The van der Waals surface area contributed by atoms with E-state index in [0.717, 1.165) is 21.9 Å². The van der Waals surface area contributed by atoms with Crippen LogP contribution in [0.15, 0.2) is 40.9 Å². The SMILES string of the molecule is O=Cc1ccc(/C=C\c2ccccc2Br)c2c1OCO2. The highest BCUT2D eigenvalue weighted by molar-refractivity contribution is 9.10. The average Bonchev–Trinajstić information content (AvgIpc) is 2.96. The number of carbonyl (C=O) groups is 1. The molecule has 0 aromatic heterocycles. The molecule has 0 fully saturated rings. The Labute approximate surface area is 125 Å². The fourth-order valence-electron chi connectivity index (χ4n) is 2.05. The molecular formula is C16H11BrO3. The van der Waals surface area contributed by atoms with Crippen LogP contribution in [0.5, 0.6) is 11.5 Å². The van der Waals surface area contributed by atoms with Crippen LogP contribution in [0.3, 0.4) is 0 Å². The lowest BCUT2D eigenvalue weighted by Gasteiger charge is -2.03. The lowest BCUT2D eigenvalue weighted by molar-refractivity contribution is 0.111. The van der Waals surface area contributed by atoms with Crippen LogP contribution >= 0.6 is 15.9 Å². The van der Waals surface area contributed by atoms with E-state index in [9.17, 15) is 4.79 Å². The number of carbonyl (C=O) groups excluding carboxylic acids is 1. The van der Waals surface area contributed by atoms with Gasteiger partial charge in [0, 0.05) is 10.0 Å².